The van der Waals surface area contributed by atoms with Crippen molar-refractivity contribution in [2.45, 2.75) is 57.4 Å². The van der Waals surface area contributed by atoms with Crippen molar-refractivity contribution in [1.82, 2.24) is 4.57 Å². The Morgan fingerprint density at radius 3 is 2.60 bits per heavy atom. The van der Waals surface area contributed by atoms with Gasteiger partial charge in [-0.15, -0.1) is 0 Å². The largest absolute Gasteiger partial charge is 0.508 e. The number of aromatic nitrogens is 1. The second-order valence-corrected chi connectivity index (χ2v) is 6.81. The number of aromatic hydroxyl groups is 1. The van der Waals surface area contributed by atoms with Crippen molar-refractivity contribution in [3.8, 4) is 5.75 Å². The summed E-state index contributed by atoms with van der Waals surface area (Å²) in [4.78, 5) is 12.7. The van der Waals surface area contributed by atoms with Gasteiger partial charge in [0, 0.05) is 18.3 Å². The SMILES string of the molecule is CCOC(=O)C(Cc1ccc(O)cc1)n1cccc1C1CCCCC1. The molecule has 1 aromatic heterocycles. The second-order valence-electron chi connectivity index (χ2n) is 6.81. The molecule has 3 rings (SSSR count). The number of phenolic OH excluding ortho intramolecular Hbond substituents is 1. The molecule has 1 fully saturated rings. The van der Waals surface area contributed by atoms with E-state index in [4.69, 9.17) is 4.74 Å². The van der Waals surface area contributed by atoms with Crippen LogP contribution in [0.3, 0.4) is 0 Å². The zero-order chi connectivity index (χ0) is 17.6. The number of benzene rings is 1. The van der Waals surface area contributed by atoms with Gasteiger partial charge in [-0.2, -0.15) is 0 Å². The van der Waals surface area contributed by atoms with Crippen LogP contribution >= 0.6 is 0 Å². The highest BCUT2D eigenvalue weighted by molar-refractivity contribution is 5.75. The minimum atomic E-state index is -0.364. The van der Waals surface area contributed by atoms with Crippen molar-refractivity contribution in [2.24, 2.45) is 0 Å². The fraction of sp³-hybridized carbons (Fsp3) is 0.476. The molecule has 134 valence electrons. The van der Waals surface area contributed by atoms with Crippen LogP contribution in [0.15, 0.2) is 42.6 Å². The van der Waals surface area contributed by atoms with Crippen molar-refractivity contribution in [3.05, 3.63) is 53.9 Å². The number of ether oxygens (including phenoxy) is 1. The van der Waals surface area contributed by atoms with Gasteiger partial charge in [-0.25, -0.2) is 4.79 Å². The summed E-state index contributed by atoms with van der Waals surface area (Å²) in [5.74, 6) is 0.574. The molecule has 0 amide bonds. The molecular weight excluding hydrogens is 314 g/mol. The summed E-state index contributed by atoms with van der Waals surface area (Å²) in [6.07, 6.45) is 8.79. The molecule has 1 unspecified atom stereocenters. The molecule has 1 N–H and O–H groups in total. The number of esters is 1. The van der Waals surface area contributed by atoms with Gasteiger partial charge in [0.1, 0.15) is 11.8 Å². The molecular formula is C21H27NO3. The summed E-state index contributed by atoms with van der Waals surface area (Å²) in [7, 11) is 0. The van der Waals surface area contributed by atoms with Crippen LogP contribution in [0.25, 0.3) is 0 Å². The molecule has 1 saturated carbocycles. The van der Waals surface area contributed by atoms with Crippen LogP contribution in [0.2, 0.25) is 0 Å². The Morgan fingerprint density at radius 1 is 1.20 bits per heavy atom. The lowest BCUT2D eigenvalue weighted by atomic mass is 9.86. The van der Waals surface area contributed by atoms with E-state index in [0.717, 1.165) is 5.56 Å². The molecule has 1 aliphatic rings. The first-order valence-electron chi connectivity index (χ1n) is 9.30. The molecule has 0 spiro atoms. The third kappa shape index (κ3) is 4.25. The van der Waals surface area contributed by atoms with Crippen LogP contribution in [0.5, 0.6) is 5.75 Å². The summed E-state index contributed by atoms with van der Waals surface area (Å²) >= 11 is 0. The number of rotatable bonds is 6. The predicted molar refractivity (Wildman–Crippen MR) is 97.7 cm³/mol. The highest BCUT2D eigenvalue weighted by atomic mass is 16.5. The topological polar surface area (TPSA) is 51.5 Å². The van der Waals surface area contributed by atoms with Gasteiger partial charge in [0.25, 0.3) is 0 Å². The summed E-state index contributed by atoms with van der Waals surface area (Å²) in [6, 6.07) is 10.9. The van der Waals surface area contributed by atoms with E-state index in [0.29, 0.717) is 18.9 Å². The Balaban J connectivity index is 1.87. The summed E-state index contributed by atoms with van der Waals surface area (Å²) in [6.45, 7) is 2.22. The van der Waals surface area contributed by atoms with Crippen LogP contribution in [-0.4, -0.2) is 22.2 Å². The molecule has 1 aliphatic carbocycles. The number of nitrogens with zero attached hydrogens (tertiary/aromatic N) is 1. The molecule has 1 atom stereocenters. The molecule has 1 heterocycles. The van der Waals surface area contributed by atoms with Gasteiger partial charge in [-0.3, -0.25) is 0 Å². The summed E-state index contributed by atoms with van der Waals surface area (Å²) < 4.78 is 7.47. The van der Waals surface area contributed by atoms with Crippen LogP contribution < -0.4 is 0 Å². The number of hydrogen-bond acceptors (Lipinski definition) is 3. The number of hydrogen-bond donors (Lipinski definition) is 1. The third-order valence-corrected chi connectivity index (χ3v) is 5.10. The van der Waals surface area contributed by atoms with Gasteiger partial charge in [0.2, 0.25) is 0 Å². The average Bonchev–Trinajstić information content (AvgIpc) is 3.11. The van der Waals surface area contributed by atoms with Gasteiger partial charge < -0.3 is 14.4 Å². The molecule has 0 bridgehead atoms. The van der Waals surface area contributed by atoms with E-state index in [2.05, 4.69) is 10.6 Å². The van der Waals surface area contributed by atoms with Crippen molar-refractivity contribution in [3.63, 3.8) is 0 Å². The smallest absolute Gasteiger partial charge is 0.329 e. The fourth-order valence-electron chi connectivity index (χ4n) is 3.82. The van der Waals surface area contributed by atoms with Crippen molar-refractivity contribution in [1.29, 1.82) is 0 Å². The molecule has 4 heteroatoms. The first kappa shape index (κ1) is 17.6. The van der Waals surface area contributed by atoms with E-state index in [1.165, 1.54) is 37.8 Å². The van der Waals surface area contributed by atoms with E-state index in [1.807, 2.05) is 31.3 Å². The van der Waals surface area contributed by atoms with E-state index in [-0.39, 0.29) is 17.8 Å². The molecule has 25 heavy (non-hydrogen) atoms. The molecule has 1 aromatic carbocycles. The highest BCUT2D eigenvalue weighted by Crippen LogP contribution is 2.34. The van der Waals surface area contributed by atoms with E-state index >= 15 is 0 Å². The molecule has 0 radical (unpaired) electrons. The minimum Gasteiger partial charge on any atom is -0.508 e. The predicted octanol–water partition coefficient (Wildman–Crippen LogP) is 4.59. The average molecular weight is 341 g/mol. The number of carbonyl (C=O) groups is 1. The molecule has 2 aromatic rings. The van der Waals surface area contributed by atoms with Crippen LogP contribution in [0.4, 0.5) is 0 Å². The van der Waals surface area contributed by atoms with E-state index in [1.54, 1.807) is 12.1 Å². The number of phenols is 1. The lowest BCUT2D eigenvalue weighted by Crippen LogP contribution is -2.26. The third-order valence-electron chi connectivity index (χ3n) is 5.10. The second kappa shape index (κ2) is 8.24. The van der Waals surface area contributed by atoms with Crippen LogP contribution in [-0.2, 0) is 16.0 Å². The van der Waals surface area contributed by atoms with Gasteiger partial charge in [0.15, 0.2) is 0 Å². The zero-order valence-corrected chi connectivity index (χ0v) is 14.9. The highest BCUT2D eigenvalue weighted by Gasteiger charge is 2.27. The normalized spacial score (nSPS) is 16.5. The monoisotopic (exact) mass is 341 g/mol. The lowest BCUT2D eigenvalue weighted by Gasteiger charge is -2.27. The van der Waals surface area contributed by atoms with E-state index in [9.17, 15) is 9.90 Å². The molecule has 0 saturated heterocycles. The maximum Gasteiger partial charge on any atom is 0.329 e. The first-order valence-corrected chi connectivity index (χ1v) is 9.30. The maximum absolute atomic E-state index is 12.7. The molecule has 0 aliphatic heterocycles. The Morgan fingerprint density at radius 2 is 1.92 bits per heavy atom. The van der Waals surface area contributed by atoms with Gasteiger partial charge >= 0.3 is 5.97 Å². The van der Waals surface area contributed by atoms with Crippen molar-refractivity contribution < 1.29 is 14.6 Å². The number of carbonyl (C=O) groups excluding carboxylic acids is 1. The Kier molecular flexibility index (Phi) is 5.79. The quantitative estimate of drug-likeness (QED) is 0.782. The first-order chi connectivity index (χ1) is 12.2. The van der Waals surface area contributed by atoms with Crippen molar-refractivity contribution in [2.75, 3.05) is 6.61 Å². The Labute approximate surface area is 149 Å². The van der Waals surface area contributed by atoms with Crippen molar-refractivity contribution >= 4 is 5.97 Å². The minimum absolute atomic E-state index is 0.191. The maximum atomic E-state index is 12.7. The van der Waals surface area contributed by atoms with Gasteiger partial charge in [-0.1, -0.05) is 31.4 Å². The standard InChI is InChI=1S/C21H27NO3/c1-2-25-21(24)20(15-16-10-12-18(23)13-11-16)22-14-6-9-19(22)17-7-4-3-5-8-17/h6,9-14,17,20,23H,2-5,7-8,15H2,1H3. The Hall–Kier alpha value is -2.23. The van der Waals surface area contributed by atoms with Gasteiger partial charge in [-0.05, 0) is 55.5 Å². The molecule has 4 nitrogen and oxygen atoms in total. The van der Waals surface area contributed by atoms with Crippen LogP contribution in [0.1, 0.15) is 62.2 Å². The summed E-state index contributed by atoms with van der Waals surface area (Å²) in [5.41, 5.74) is 2.26. The Bertz CT molecular complexity index is 683. The van der Waals surface area contributed by atoms with Crippen LogP contribution in [0, 0.1) is 0 Å². The van der Waals surface area contributed by atoms with E-state index < -0.39 is 0 Å². The zero-order valence-electron chi connectivity index (χ0n) is 14.9. The fourth-order valence-corrected chi connectivity index (χ4v) is 3.82. The lowest BCUT2D eigenvalue weighted by molar-refractivity contribution is -0.147. The van der Waals surface area contributed by atoms with Gasteiger partial charge in [0.05, 0.1) is 6.61 Å². The summed E-state index contributed by atoms with van der Waals surface area (Å²) in [5, 5.41) is 9.49.